The van der Waals surface area contributed by atoms with Gasteiger partial charge in [0.25, 0.3) is 0 Å². The monoisotopic (exact) mass is 412 g/mol. The Balaban J connectivity index is 0. The average molecular weight is 414 g/mol. The van der Waals surface area contributed by atoms with Crippen LogP contribution < -0.4 is 0 Å². The van der Waals surface area contributed by atoms with Crippen LogP contribution in [0, 0.1) is 5.92 Å². The normalized spacial score (nSPS) is 12.2. The quantitative estimate of drug-likeness (QED) is 0.429. The smallest absolute Gasteiger partial charge is 0.0662 e. The van der Waals surface area contributed by atoms with Gasteiger partial charge in [0, 0.05) is 5.33 Å². The fourth-order valence-corrected chi connectivity index (χ4v) is 1.12. The second-order valence-corrected chi connectivity index (χ2v) is 8.05. The summed E-state index contributed by atoms with van der Waals surface area (Å²) in [6.45, 7) is 6.56. The van der Waals surface area contributed by atoms with Crippen molar-refractivity contribution in [2.24, 2.45) is 5.92 Å². The van der Waals surface area contributed by atoms with Crippen LogP contribution in [0.3, 0.4) is 0 Å². The largest absolute Gasteiger partial charge is 0.0925 e. The van der Waals surface area contributed by atoms with E-state index >= 15 is 0 Å². The van der Waals surface area contributed by atoms with Crippen molar-refractivity contribution in [2.45, 2.75) is 42.9 Å². The topological polar surface area (TPSA) is 0 Å². The van der Waals surface area contributed by atoms with Crippen LogP contribution in [-0.2, 0) is 0 Å². The number of alkyl halides is 3. The first-order valence-corrected chi connectivity index (χ1v) is 7.66. The van der Waals surface area contributed by atoms with Crippen molar-refractivity contribution in [3.63, 3.8) is 0 Å². The Kier molecular flexibility index (Phi) is 17.1. The predicted octanol–water partition coefficient (Wildman–Crippen LogP) is 5.37. The Morgan fingerprint density at radius 2 is 1.75 bits per heavy atom. The third kappa shape index (κ3) is 22.6. The molecule has 0 fully saturated rings. The lowest BCUT2D eigenvalue weighted by Crippen LogP contribution is -1.82. The van der Waals surface area contributed by atoms with Crippen molar-refractivity contribution in [3.05, 3.63) is 0 Å². The fraction of sp³-hybridized carbons (Fsp3) is 1.00. The third-order valence-corrected chi connectivity index (χ3v) is 3.46. The summed E-state index contributed by atoms with van der Waals surface area (Å²) in [5, 5.41) is 1.12. The second kappa shape index (κ2) is 12.7. The van der Waals surface area contributed by atoms with E-state index in [1.165, 1.54) is 19.3 Å². The van der Waals surface area contributed by atoms with E-state index in [1.54, 1.807) is 0 Å². The SMILES string of the molecule is CC(C)CBr.CCCCC(Br)I. The lowest BCUT2D eigenvalue weighted by Gasteiger charge is -1.95. The van der Waals surface area contributed by atoms with Crippen molar-refractivity contribution in [1.29, 1.82) is 0 Å². The molecule has 0 aromatic rings. The number of rotatable bonds is 4. The van der Waals surface area contributed by atoms with Gasteiger partial charge in [0.05, 0.1) is 2.83 Å². The van der Waals surface area contributed by atoms with Crippen LogP contribution in [0.1, 0.15) is 40.0 Å². The van der Waals surface area contributed by atoms with Gasteiger partial charge in [-0.25, -0.2) is 0 Å². The van der Waals surface area contributed by atoms with Crippen molar-refractivity contribution in [2.75, 3.05) is 5.33 Å². The van der Waals surface area contributed by atoms with Gasteiger partial charge in [-0.3, -0.25) is 0 Å². The summed E-state index contributed by atoms with van der Waals surface area (Å²) in [4.78, 5) is 0. The van der Waals surface area contributed by atoms with Crippen molar-refractivity contribution in [1.82, 2.24) is 0 Å². The molecule has 0 aliphatic rings. The minimum atomic E-state index is 0.685. The summed E-state index contributed by atoms with van der Waals surface area (Å²) in [7, 11) is 0. The third-order valence-electron chi connectivity index (χ3n) is 1.08. The van der Waals surface area contributed by atoms with E-state index in [-0.39, 0.29) is 0 Å². The summed E-state index contributed by atoms with van der Waals surface area (Å²) < 4.78 is 0.685. The van der Waals surface area contributed by atoms with Crippen molar-refractivity contribution >= 4 is 54.5 Å². The molecule has 0 aromatic carbocycles. The van der Waals surface area contributed by atoms with Crippen LogP contribution in [-0.4, -0.2) is 8.16 Å². The lowest BCUT2D eigenvalue weighted by molar-refractivity contribution is 0.756. The van der Waals surface area contributed by atoms with E-state index in [4.69, 9.17) is 0 Å². The maximum Gasteiger partial charge on any atom is 0.0662 e. The first-order chi connectivity index (χ1) is 5.54. The van der Waals surface area contributed by atoms with E-state index < -0.39 is 0 Å². The number of hydrogen-bond donors (Lipinski definition) is 0. The summed E-state index contributed by atoms with van der Waals surface area (Å²) >= 11 is 9.16. The minimum absolute atomic E-state index is 0.685. The zero-order valence-electron chi connectivity index (χ0n) is 8.12. The van der Waals surface area contributed by atoms with Gasteiger partial charge in [-0.2, -0.15) is 0 Å². The minimum Gasteiger partial charge on any atom is -0.0925 e. The fourth-order valence-electron chi connectivity index (χ4n) is 0.358. The van der Waals surface area contributed by atoms with Gasteiger partial charge in [0.15, 0.2) is 0 Å². The molecule has 1 atom stereocenters. The molecule has 0 nitrogen and oxygen atoms in total. The van der Waals surface area contributed by atoms with Crippen LogP contribution in [0.25, 0.3) is 0 Å². The summed E-state index contributed by atoms with van der Waals surface area (Å²) in [6, 6.07) is 0. The van der Waals surface area contributed by atoms with Gasteiger partial charge < -0.3 is 0 Å². The van der Waals surface area contributed by atoms with Crippen LogP contribution >= 0.6 is 54.5 Å². The molecule has 0 amide bonds. The highest BCUT2D eigenvalue weighted by Crippen LogP contribution is 2.15. The molecule has 0 aliphatic heterocycles. The maximum absolute atomic E-state index is 3.46. The molecule has 0 heterocycles. The standard InChI is InChI=1S/C5H10BrI.C4H9Br/c1-2-3-4-5(6)7;1-4(2)3-5/h5H,2-4H2,1H3;4H,3H2,1-2H3. The Morgan fingerprint density at radius 3 is 1.83 bits per heavy atom. The van der Waals surface area contributed by atoms with Crippen LogP contribution in [0.5, 0.6) is 0 Å². The van der Waals surface area contributed by atoms with Gasteiger partial charge in [-0.15, -0.1) is 0 Å². The first kappa shape index (κ1) is 16.1. The van der Waals surface area contributed by atoms with Crippen LogP contribution in [0.4, 0.5) is 0 Å². The van der Waals surface area contributed by atoms with Gasteiger partial charge in [-0.1, -0.05) is 88.1 Å². The predicted molar refractivity (Wildman–Crippen MR) is 74.9 cm³/mol. The maximum atomic E-state index is 3.46. The van der Waals surface area contributed by atoms with E-state index in [1.807, 2.05) is 0 Å². The van der Waals surface area contributed by atoms with Crippen molar-refractivity contribution < 1.29 is 0 Å². The Bertz CT molecular complexity index is 74.9. The molecule has 76 valence electrons. The lowest BCUT2D eigenvalue weighted by atomic mass is 10.3. The Morgan fingerprint density at radius 1 is 1.33 bits per heavy atom. The highest BCUT2D eigenvalue weighted by Gasteiger charge is 1.92. The van der Waals surface area contributed by atoms with Gasteiger partial charge >= 0.3 is 0 Å². The van der Waals surface area contributed by atoms with Crippen molar-refractivity contribution in [3.8, 4) is 0 Å². The van der Waals surface area contributed by atoms with Gasteiger partial charge in [0.1, 0.15) is 0 Å². The first-order valence-electron chi connectivity index (χ1n) is 4.38. The second-order valence-electron chi connectivity index (χ2n) is 3.08. The van der Waals surface area contributed by atoms with Gasteiger partial charge in [-0.05, 0) is 12.3 Å². The molecule has 0 saturated heterocycles. The van der Waals surface area contributed by atoms with Crippen LogP contribution in [0.2, 0.25) is 0 Å². The summed E-state index contributed by atoms with van der Waals surface area (Å²) in [5.74, 6) is 0.801. The molecule has 0 radical (unpaired) electrons. The summed E-state index contributed by atoms with van der Waals surface area (Å²) in [5.41, 5.74) is 0. The molecule has 0 spiro atoms. The van der Waals surface area contributed by atoms with Crippen LogP contribution in [0.15, 0.2) is 0 Å². The molecule has 0 aliphatic carbocycles. The molecular weight excluding hydrogens is 395 g/mol. The zero-order valence-corrected chi connectivity index (χ0v) is 13.4. The van der Waals surface area contributed by atoms with Gasteiger partial charge in [0.2, 0.25) is 0 Å². The average Bonchev–Trinajstić information content (AvgIpc) is 2.02. The zero-order chi connectivity index (χ0) is 9.98. The Labute approximate surface area is 108 Å². The van der Waals surface area contributed by atoms with E-state index in [0.29, 0.717) is 2.83 Å². The molecule has 1 unspecified atom stereocenters. The number of hydrogen-bond acceptors (Lipinski definition) is 0. The van der Waals surface area contributed by atoms with E-state index in [0.717, 1.165) is 11.2 Å². The molecule has 0 rings (SSSR count). The molecule has 12 heavy (non-hydrogen) atoms. The Hall–Kier alpha value is 1.69. The number of halogens is 3. The molecule has 3 heteroatoms. The highest BCUT2D eigenvalue weighted by molar-refractivity contribution is 14.1. The van der Waals surface area contributed by atoms with E-state index in [9.17, 15) is 0 Å². The molecule has 0 bridgehead atoms. The summed E-state index contributed by atoms with van der Waals surface area (Å²) in [6.07, 6.45) is 3.96. The number of unbranched alkanes of at least 4 members (excludes halogenated alkanes) is 1. The molecular formula is C9H19Br2I. The van der Waals surface area contributed by atoms with E-state index in [2.05, 4.69) is 75.2 Å². The molecule has 0 N–H and O–H groups in total. The molecule has 0 saturated carbocycles. The highest BCUT2D eigenvalue weighted by atomic mass is 127. The molecule has 0 aromatic heterocycles.